The fourth-order valence-corrected chi connectivity index (χ4v) is 4.77. The largest absolute Gasteiger partial charge is 0.461 e. The zero-order valence-corrected chi connectivity index (χ0v) is 13.2. The van der Waals surface area contributed by atoms with Crippen LogP contribution in [0.3, 0.4) is 0 Å². The van der Waals surface area contributed by atoms with E-state index in [9.17, 15) is 9.90 Å². The van der Waals surface area contributed by atoms with Crippen molar-refractivity contribution in [1.82, 2.24) is 0 Å². The molecule has 2 aliphatic heterocycles. The smallest absolute Gasteiger partial charge is 0.306 e. The number of rotatable bonds is 3. The number of alkyl halides is 1. The first-order valence-electron chi connectivity index (χ1n) is 6.91. The van der Waals surface area contributed by atoms with Crippen LogP contribution < -0.4 is 0 Å². The van der Waals surface area contributed by atoms with Crippen LogP contribution in [-0.4, -0.2) is 57.9 Å². The van der Waals surface area contributed by atoms with Gasteiger partial charge in [0.2, 0.25) is 0 Å². The fourth-order valence-electron chi connectivity index (χ4n) is 3.79. The van der Waals surface area contributed by atoms with Gasteiger partial charge in [-0.15, -0.1) is 0 Å². The Morgan fingerprint density at radius 3 is 2.70 bits per heavy atom. The molecule has 0 aromatic carbocycles. The Balaban J connectivity index is 1.96. The van der Waals surface area contributed by atoms with Gasteiger partial charge in [-0.25, -0.2) is 0 Å². The molecule has 2 unspecified atom stereocenters. The van der Waals surface area contributed by atoms with Crippen LogP contribution in [-0.2, 0) is 19.0 Å². The highest BCUT2D eigenvalue weighted by Crippen LogP contribution is 2.58. The Hall–Kier alpha value is 0.0400. The number of carbonyl (C=O) groups excluding carboxylic acids is 1. The lowest BCUT2D eigenvalue weighted by molar-refractivity contribution is -0.288. The summed E-state index contributed by atoms with van der Waals surface area (Å²) in [5.74, 6) is -1.10. The topological polar surface area (TPSA) is 85.2 Å². The van der Waals surface area contributed by atoms with Crippen molar-refractivity contribution in [2.24, 2.45) is 5.41 Å². The summed E-state index contributed by atoms with van der Waals surface area (Å²) in [6.45, 7) is 0.672. The van der Waals surface area contributed by atoms with Crippen molar-refractivity contribution < 1.29 is 29.2 Å². The van der Waals surface area contributed by atoms with Crippen LogP contribution in [0, 0.1) is 5.41 Å². The molecular weight excluding hydrogens is 379 g/mol. The number of hydrogen-bond donors (Lipinski definition) is 2. The van der Waals surface area contributed by atoms with Crippen molar-refractivity contribution in [3.8, 4) is 0 Å². The fraction of sp³-hybridized carbons (Fsp3) is 0.923. The first-order valence-corrected chi connectivity index (χ1v) is 8.15. The van der Waals surface area contributed by atoms with Gasteiger partial charge >= 0.3 is 5.97 Å². The molecule has 7 heteroatoms. The molecule has 2 N–H and O–H groups in total. The molecule has 4 atom stereocenters. The molecule has 6 nitrogen and oxygen atoms in total. The molecule has 2 bridgehead atoms. The van der Waals surface area contributed by atoms with Crippen molar-refractivity contribution in [3.63, 3.8) is 0 Å². The second-order valence-corrected chi connectivity index (χ2v) is 7.50. The van der Waals surface area contributed by atoms with Crippen molar-refractivity contribution in [1.29, 1.82) is 0 Å². The lowest BCUT2D eigenvalue weighted by atomic mass is 9.62. The van der Waals surface area contributed by atoms with Gasteiger partial charge in [-0.3, -0.25) is 4.79 Å². The van der Waals surface area contributed by atoms with E-state index in [2.05, 4.69) is 22.6 Å². The van der Waals surface area contributed by atoms with Gasteiger partial charge in [-0.1, -0.05) is 22.6 Å². The Morgan fingerprint density at radius 1 is 1.35 bits per heavy atom. The average molecular weight is 398 g/mol. The van der Waals surface area contributed by atoms with E-state index < -0.39 is 17.3 Å². The van der Waals surface area contributed by atoms with Crippen LogP contribution in [0.25, 0.3) is 0 Å². The normalized spacial score (nSPS) is 40.6. The summed E-state index contributed by atoms with van der Waals surface area (Å²) in [4.78, 5) is 12.0. The summed E-state index contributed by atoms with van der Waals surface area (Å²) in [7, 11) is 0. The average Bonchev–Trinajstić information content (AvgIpc) is 2.86. The molecule has 20 heavy (non-hydrogen) atoms. The molecule has 3 rings (SSSR count). The maximum atomic E-state index is 12.0. The van der Waals surface area contributed by atoms with Gasteiger partial charge in [0.05, 0.1) is 36.3 Å². The second kappa shape index (κ2) is 5.35. The molecular formula is C13H19IO6. The molecule has 0 radical (unpaired) electrons. The predicted molar refractivity (Wildman–Crippen MR) is 76.3 cm³/mol. The number of carbonyl (C=O) groups is 1. The van der Waals surface area contributed by atoms with Gasteiger partial charge in [0.15, 0.2) is 5.79 Å². The van der Waals surface area contributed by atoms with Gasteiger partial charge in [-0.05, 0) is 12.8 Å². The quantitative estimate of drug-likeness (QED) is 0.406. The molecule has 0 aromatic heterocycles. The monoisotopic (exact) mass is 398 g/mol. The molecule has 1 spiro atoms. The van der Waals surface area contributed by atoms with E-state index >= 15 is 0 Å². The summed E-state index contributed by atoms with van der Waals surface area (Å²) in [6, 6.07) is 0. The molecule has 0 amide bonds. The third-order valence-electron chi connectivity index (χ3n) is 4.62. The summed E-state index contributed by atoms with van der Waals surface area (Å²) in [6.07, 6.45) is 0.674. The lowest BCUT2D eigenvalue weighted by Gasteiger charge is -2.55. The van der Waals surface area contributed by atoms with Crippen LogP contribution in [0.1, 0.15) is 25.7 Å². The maximum absolute atomic E-state index is 12.0. The number of aliphatic hydroxyl groups is 2. The van der Waals surface area contributed by atoms with Crippen LogP contribution in [0.2, 0.25) is 0 Å². The summed E-state index contributed by atoms with van der Waals surface area (Å²) >= 11 is 2.27. The van der Waals surface area contributed by atoms with Crippen LogP contribution in [0.15, 0.2) is 0 Å². The molecule has 114 valence electrons. The van der Waals surface area contributed by atoms with E-state index in [1.807, 2.05) is 0 Å². The molecule has 1 saturated carbocycles. The highest BCUT2D eigenvalue weighted by molar-refractivity contribution is 14.1. The number of esters is 1. The molecule has 3 aliphatic rings. The van der Waals surface area contributed by atoms with Crippen molar-refractivity contribution in [3.05, 3.63) is 0 Å². The Labute approximate surface area is 130 Å². The number of fused-ring (bicyclic) bond motifs is 3. The standard InChI is InChI=1S/C13H19IO6/c14-9-4-13(18-1-2-19-13)12(3-8(16)7-15)5-10(9)20-11(17)6-12/h8-10,15-16H,1-7H2/t8?,9-,10?,12-/m0/s1. The van der Waals surface area contributed by atoms with Gasteiger partial charge in [-0.2, -0.15) is 0 Å². The Morgan fingerprint density at radius 2 is 2.05 bits per heavy atom. The van der Waals surface area contributed by atoms with E-state index in [1.54, 1.807) is 0 Å². The number of halogens is 1. The third kappa shape index (κ3) is 2.27. The molecule has 3 fully saturated rings. The predicted octanol–water partition coefficient (Wildman–Crippen LogP) is 0.372. The van der Waals surface area contributed by atoms with Crippen LogP contribution >= 0.6 is 22.6 Å². The van der Waals surface area contributed by atoms with E-state index in [1.165, 1.54) is 0 Å². The van der Waals surface area contributed by atoms with Crippen LogP contribution in [0.4, 0.5) is 0 Å². The van der Waals surface area contributed by atoms with Crippen molar-refractivity contribution >= 4 is 28.6 Å². The van der Waals surface area contributed by atoms with Gasteiger partial charge < -0.3 is 24.4 Å². The SMILES string of the molecule is O=C1C[C@]2(CC(O)CO)CC(O1)[C@@H](I)CC21OCCO1. The molecule has 2 heterocycles. The molecule has 1 aliphatic carbocycles. The summed E-state index contributed by atoms with van der Waals surface area (Å²) < 4.78 is 17.4. The van der Waals surface area contributed by atoms with Crippen molar-refractivity contribution in [2.45, 2.75) is 47.6 Å². The number of ether oxygens (including phenoxy) is 3. The third-order valence-corrected chi connectivity index (χ3v) is 5.87. The number of hydrogen-bond acceptors (Lipinski definition) is 6. The van der Waals surface area contributed by atoms with E-state index in [0.29, 0.717) is 32.5 Å². The second-order valence-electron chi connectivity index (χ2n) is 5.90. The lowest BCUT2D eigenvalue weighted by Crippen LogP contribution is -2.63. The Bertz CT molecular complexity index is 392. The molecule has 2 saturated heterocycles. The molecule has 0 aromatic rings. The summed E-state index contributed by atoms with van der Waals surface area (Å²) in [5.41, 5.74) is -0.604. The Kier molecular flexibility index (Phi) is 4.00. The number of aliphatic hydroxyl groups excluding tert-OH is 2. The van der Waals surface area contributed by atoms with Crippen molar-refractivity contribution in [2.75, 3.05) is 19.8 Å². The van der Waals surface area contributed by atoms with E-state index in [0.717, 1.165) is 0 Å². The van der Waals surface area contributed by atoms with E-state index in [4.69, 9.17) is 19.3 Å². The minimum absolute atomic E-state index is 0.134. The zero-order valence-electron chi connectivity index (χ0n) is 11.1. The van der Waals surface area contributed by atoms with Crippen LogP contribution in [0.5, 0.6) is 0 Å². The maximum Gasteiger partial charge on any atom is 0.306 e. The minimum Gasteiger partial charge on any atom is -0.461 e. The van der Waals surface area contributed by atoms with Gasteiger partial charge in [0.1, 0.15) is 6.10 Å². The highest BCUT2D eigenvalue weighted by atomic mass is 127. The summed E-state index contributed by atoms with van der Waals surface area (Å²) in [5, 5.41) is 19.1. The first kappa shape index (κ1) is 15.0. The highest BCUT2D eigenvalue weighted by Gasteiger charge is 2.64. The first-order chi connectivity index (χ1) is 9.50. The van der Waals surface area contributed by atoms with Gasteiger partial charge in [0.25, 0.3) is 0 Å². The van der Waals surface area contributed by atoms with E-state index in [-0.39, 0.29) is 29.0 Å². The van der Waals surface area contributed by atoms with Gasteiger partial charge in [0, 0.05) is 11.8 Å². The zero-order chi connectivity index (χ0) is 14.4. The minimum atomic E-state index is -0.878.